The van der Waals surface area contributed by atoms with E-state index in [2.05, 4.69) is 10.6 Å². The highest BCUT2D eigenvalue weighted by molar-refractivity contribution is 7.89. The van der Waals surface area contributed by atoms with Crippen molar-refractivity contribution in [3.8, 4) is 0 Å². The molecule has 0 saturated heterocycles. The predicted octanol–water partition coefficient (Wildman–Crippen LogP) is 3.78. The van der Waals surface area contributed by atoms with E-state index in [0.717, 1.165) is 12.1 Å². The molecular formula is C24H22Cl2N4O10S2. The number of nitrogens with two attached hydrogens (primary N) is 2. The lowest BCUT2D eigenvalue weighted by atomic mass is 10.1. The number of carboxylic acid groups (broad SMARTS) is 2. The molecule has 2 heterocycles. The van der Waals surface area contributed by atoms with Crippen LogP contribution in [-0.2, 0) is 33.1 Å². The van der Waals surface area contributed by atoms with Gasteiger partial charge >= 0.3 is 11.9 Å². The van der Waals surface area contributed by atoms with Gasteiger partial charge in [0.25, 0.3) is 0 Å². The Balaban J connectivity index is 0.000000230. The number of halogens is 2. The maximum absolute atomic E-state index is 11.3. The van der Waals surface area contributed by atoms with Crippen molar-refractivity contribution in [2.45, 2.75) is 22.9 Å². The largest absolute Gasteiger partial charge is 0.478 e. The van der Waals surface area contributed by atoms with E-state index < -0.39 is 41.8 Å². The van der Waals surface area contributed by atoms with Gasteiger partial charge in [-0.05, 0) is 48.5 Å². The van der Waals surface area contributed by atoms with Crippen LogP contribution < -0.4 is 20.9 Å². The molecule has 4 aromatic rings. The third-order valence-corrected chi connectivity index (χ3v) is 8.04. The minimum atomic E-state index is -4.11. The number of carboxylic acids is 2. The van der Waals surface area contributed by atoms with Gasteiger partial charge in [-0.2, -0.15) is 0 Å². The van der Waals surface area contributed by atoms with Crippen molar-refractivity contribution in [2.75, 3.05) is 10.6 Å². The molecule has 42 heavy (non-hydrogen) atoms. The molecule has 4 rings (SSSR count). The van der Waals surface area contributed by atoms with Crippen LogP contribution >= 0.6 is 23.2 Å². The summed E-state index contributed by atoms with van der Waals surface area (Å²) >= 11 is 11.7. The number of carbonyl (C=O) groups is 2. The third-order valence-electron chi connectivity index (χ3n) is 5.28. The molecule has 0 radical (unpaired) electrons. The normalized spacial score (nSPS) is 11.3. The Morgan fingerprint density at radius 3 is 1.33 bits per heavy atom. The number of primary sulfonamides is 2. The molecule has 0 fully saturated rings. The number of nitrogens with one attached hydrogen (secondary N) is 2. The molecule has 224 valence electrons. The number of sulfonamides is 2. The van der Waals surface area contributed by atoms with Crippen LogP contribution in [0.1, 0.15) is 32.2 Å². The van der Waals surface area contributed by atoms with E-state index in [1.165, 1.54) is 24.7 Å². The SMILES string of the molecule is NS(=O)(=O)c1cc(C(=O)O)c(NCc2ccco2)cc1Cl.NS(=O)(=O)c1cc(C(=O)O)c(NCc2ccco2)cc1Cl. The van der Waals surface area contributed by atoms with Crippen LogP contribution in [0.4, 0.5) is 11.4 Å². The summed E-state index contributed by atoms with van der Waals surface area (Å²) in [6.07, 6.45) is 2.96. The number of hydrogen-bond acceptors (Lipinski definition) is 10. The highest BCUT2D eigenvalue weighted by atomic mass is 35.5. The highest BCUT2D eigenvalue weighted by Crippen LogP contribution is 2.30. The molecule has 2 aromatic carbocycles. The minimum absolute atomic E-state index is 0.163. The fourth-order valence-corrected chi connectivity index (χ4v) is 5.58. The zero-order chi connectivity index (χ0) is 31.2. The van der Waals surface area contributed by atoms with E-state index in [1.54, 1.807) is 24.3 Å². The molecule has 0 spiro atoms. The van der Waals surface area contributed by atoms with Crippen LogP contribution in [0.25, 0.3) is 0 Å². The van der Waals surface area contributed by atoms with Crippen molar-refractivity contribution in [1.29, 1.82) is 0 Å². The lowest BCUT2D eigenvalue weighted by Gasteiger charge is -2.11. The monoisotopic (exact) mass is 660 g/mol. The van der Waals surface area contributed by atoms with Gasteiger partial charge < -0.3 is 29.7 Å². The third kappa shape index (κ3) is 8.48. The first kappa shape index (κ1) is 32.5. The van der Waals surface area contributed by atoms with Crippen LogP contribution in [0.3, 0.4) is 0 Å². The standard InChI is InChI=1S/2C12H11ClN2O5S/c2*13-9-5-10(15-6-7-2-1-3-20-7)8(12(16)17)4-11(9)21(14,18)19/h2*1-5,15H,6H2,(H,16,17)(H2,14,18,19). The summed E-state index contributed by atoms with van der Waals surface area (Å²) in [5.74, 6) is -1.45. The quantitative estimate of drug-likeness (QED) is 0.142. The second kappa shape index (κ2) is 13.3. The molecule has 0 aliphatic carbocycles. The van der Waals surface area contributed by atoms with Gasteiger partial charge in [-0.15, -0.1) is 0 Å². The average molecular weight is 661 g/mol. The number of anilines is 2. The Hall–Kier alpha value is -4.06. The number of furan rings is 2. The smallest absolute Gasteiger partial charge is 0.337 e. The second-order valence-corrected chi connectivity index (χ2v) is 12.1. The molecule has 0 aliphatic heterocycles. The Morgan fingerprint density at radius 2 is 1.07 bits per heavy atom. The summed E-state index contributed by atoms with van der Waals surface area (Å²) in [5.41, 5.74) is -0.183. The number of benzene rings is 2. The molecular weight excluding hydrogens is 639 g/mol. The van der Waals surface area contributed by atoms with Gasteiger partial charge in [-0.1, -0.05) is 23.2 Å². The fourth-order valence-electron chi connectivity index (χ4n) is 3.38. The average Bonchev–Trinajstić information content (AvgIpc) is 3.59. The molecule has 14 nitrogen and oxygen atoms in total. The lowest BCUT2D eigenvalue weighted by Crippen LogP contribution is -2.15. The molecule has 8 N–H and O–H groups in total. The maximum atomic E-state index is 11.3. The minimum Gasteiger partial charge on any atom is -0.478 e. The molecule has 0 saturated carbocycles. The summed E-state index contributed by atoms with van der Waals surface area (Å²) in [4.78, 5) is 21.6. The molecule has 2 aromatic heterocycles. The van der Waals surface area contributed by atoms with Crippen LogP contribution in [0.5, 0.6) is 0 Å². The van der Waals surface area contributed by atoms with Gasteiger partial charge in [0, 0.05) is 0 Å². The highest BCUT2D eigenvalue weighted by Gasteiger charge is 2.21. The number of aromatic carboxylic acids is 2. The van der Waals surface area contributed by atoms with Crippen molar-refractivity contribution in [1.82, 2.24) is 0 Å². The Labute approximate surface area is 248 Å². The van der Waals surface area contributed by atoms with Gasteiger partial charge in [-0.25, -0.2) is 36.7 Å². The van der Waals surface area contributed by atoms with Crippen molar-refractivity contribution < 1.29 is 45.5 Å². The Morgan fingerprint density at radius 1 is 0.714 bits per heavy atom. The first-order chi connectivity index (χ1) is 19.6. The van der Waals surface area contributed by atoms with Crippen molar-refractivity contribution in [2.24, 2.45) is 10.3 Å². The molecule has 0 aliphatic rings. The molecule has 0 atom stereocenters. The van der Waals surface area contributed by atoms with E-state index in [0.29, 0.717) is 11.5 Å². The maximum Gasteiger partial charge on any atom is 0.337 e. The van der Waals surface area contributed by atoms with Gasteiger partial charge in [-0.3, -0.25) is 0 Å². The predicted molar refractivity (Wildman–Crippen MR) is 152 cm³/mol. The van der Waals surface area contributed by atoms with E-state index in [9.17, 15) is 26.4 Å². The van der Waals surface area contributed by atoms with E-state index in [1.807, 2.05) is 0 Å². The zero-order valence-corrected chi connectivity index (χ0v) is 24.2. The summed E-state index contributed by atoms with van der Waals surface area (Å²) in [5, 5.41) is 33.6. The van der Waals surface area contributed by atoms with Crippen molar-refractivity contribution in [3.63, 3.8) is 0 Å². The fraction of sp³-hybridized carbons (Fsp3) is 0.0833. The summed E-state index contributed by atoms with van der Waals surface area (Å²) in [6, 6.07) is 11.0. The van der Waals surface area contributed by atoms with Gasteiger partial charge in [0.2, 0.25) is 20.0 Å². The molecule has 0 unspecified atom stereocenters. The molecule has 18 heteroatoms. The zero-order valence-electron chi connectivity index (χ0n) is 21.1. The van der Waals surface area contributed by atoms with Crippen LogP contribution in [0.15, 0.2) is 79.7 Å². The Bertz CT molecular complexity index is 1680. The van der Waals surface area contributed by atoms with E-state index in [-0.39, 0.29) is 45.6 Å². The van der Waals surface area contributed by atoms with Crippen molar-refractivity contribution in [3.05, 3.63) is 93.7 Å². The molecule has 0 amide bonds. The molecule has 0 bridgehead atoms. The van der Waals surface area contributed by atoms with Gasteiger partial charge in [0.05, 0.1) is 58.2 Å². The lowest BCUT2D eigenvalue weighted by molar-refractivity contribution is 0.0686. The van der Waals surface area contributed by atoms with Crippen LogP contribution in [0.2, 0.25) is 10.0 Å². The number of rotatable bonds is 10. The van der Waals surface area contributed by atoms with Gasteiger partial charge in [0.1, 0.15) is 21.3 Å². The van der Waals surface area contributed by atoms with Crippen molar-refractivity contribution >= 4 is 66.6 Å². The van der Waals surface area contributed by atoms with E-state index in [4.69, 9.17) is 52.5 Å². The number of hydrogen-bond donors (Lipinski definition) is 6. The topological polar surface area (TPSA) is 245 Å². The van der Waals surface area contributed by atoms with Gasteiger partial charge in [0.15, 0.2) is 0 Å². The van der Waals surface area contributed by atoms with E-state index >= 15 is 0 Å². The second-order valence-electron chi connectivity index (χ2n) is 8.22. The Kier molecular flexibility index (Phi) is 10.3. The summed E-state index contributed by atoms with van der Waals surface area (Å²) in [6.45, 7) is 0.441. The van der Waals surface area contributed by atoms with Crippen LogP contribution in [0, 0.1) is 0 Å². The summed E-state index contributed by atoms with van der Waals surface area (Å²) < 4.78 is 55.6. The first-order valence-electron chi connectivity index (χ1n) is 11.3. The summed E-state index contributed by atoms with van der Waals surface area (Å²) in [7, 11) is -8.21. The van der Waals surface area contributed by atoms with Crippen LogP contribution in [-0.4, -0.2) is 39.0 Å². The first-order valence-corrected chi connectivity index (χ1v) is 15.1.